The minimum atomic E-state index is -4.52. The van der Waals surface area contributed by atoms with E-state index in [9.17, 15) is 18.1 Å². The number of hydrogen-bond donors (Lipinski definition) is 1. The van der Waals surface area contributed by atoms with E-state index in [4.69, 9.17) is 0 Å². The van der Waals surface area contributed by atoms with Gasteiger partial charge >= 0.3 is 29.6 Å². The maximum absolute atomic E-state index is 10.5. The number of aliphatic hydroxyl groups is 1. The molecule has 0 heterocycles. The summed E-state index contributed by atoms with van der Waals surface area (Å²) >= 11 is 0. The van der Waals surface area contributed by atoms with Gasteiger partial charge in [0.15, 0.2) is 0 Å². The second kappa shape index (κ2) is 5.82. The van der Waals surface area contributed by atoms with Crippen LogP contribution >= 0.6 is 0 Å². The minimum absolute atomic E-state index is 0. The van der Waals surface area contributed by atoms with Crippen molar-refractivity contribution in [1.82, 2.24) is 0 Å². The summed E-state index contributed by atoms with van der Waals surface area (Å²) in [4.78, 5) is 0. The van der Waals surface area contributed by atoms with E-state index in [1.807, 2.05) is 6.92 Å². The van der Waals surface area contributed by atoms with E-state index >= 15 is 0 Å². The van der Waals surface area contributed by atoms with E-state index < -0.39 is 15.6 Å². The second-order valence-corrected chi connectivity index (χ2v) is 5.38. The molecule has 1 rings (SSSR count). The van der Waals surface area contributed by atoms with Crippen LogP contribution in [0, 0.1) is 11.8 Å². The molecule has 3 atom stereocenters. The quantitative estimate of drug-likeness (QED) is 0.427. The van der Waals surface area contributed by atoms with Crippen LogP contribution < -0.4 is 29.6 Å². The molecular formula is C8H15NaO4S. The summed E-state index contributed by atoms with van der Waals surface area (Å²) in [6, 6.07) is 0. The van der Waals surface area contributed by atoms with Crippen LogP contribution in [-0.2, 0) is 10.1 Å². The Hall–Kier alpha value is 0.870. The van der Waals surface area contributed by atoms with Crippen LogP contribution in [0.5, 0.6) is 0 Å². The zero-order valence-corrected chi connectivity index (χ0v) is 11.5. The van der Waals surface area contributed by atoms with E-state index in [0.29, 0.717) is 18.8 Å². The van der Waals surface area contributed by atoms with Crippen molar-refractivity contribution < 1.29 is 47.6 Å². The molecule has 6 heteroatoms. The molecule has 3 unspecified atom stereocenters. The maximum Gasteiger partial charge on any atom is 1.00 e. The zero-order valence-electron chi connectivity index (χ0n) is 8.64. The fourth-order valence-electron chi connectivity index (χ4n) is 1.98. The first kappa shape index (κ1) is 14.9. The zero-order chi connectivity index (χ0) is 10.1. The van der Waals surface area contributed by atoms with Crippen molar-refractivity contribution in [2.45, 2.75) is 38.0 Å². The topological polar surface area (TPSA) is 77.4 Å². The molecule has 0 bridgehead atoms. The average molecular weight is 230 g/mol. The molecular weight excluding hydrogens is 215 g/mol. The normalized spacial score (nSPS) is 30.5. The van der Waals surface area contributed by atoms with Crippen molar-refractivity contribution in [3.05, 3.63) is 0 Å². The molecule has 14 heavy (non-hydrogen) atoms. The van der Waals surface area contributed by atoms with Crippen LogP contribution in [0.2, 0.25) is 0 Å². The van der Waals surface area contributed by atoms with E-state index in [2.05, 4.69) is 0 Å². The molecule has 0 aliphatic heterocycles. The van der Waals surface area contributed by atoms with Crippen molar-refractivity contribution in [2.24, 2.45) is 11.8 Å². The molecule has 0 aromatic heterocycles. The van der Waals surface area contributed by atoms with Crippen molar-refractivity contribution >= 4 is 10.1 Å². The summed E-state index contributed by atoms with van der Waals surface area (Å²) in [6.45, 7) is 2.01. The van der Waals surface area contributed by atoms with Gasteiger partial charge < -0.3 is 9.66 Å². The van der Waals surface area contributed by atoms with Gasteiger partial charge in [0, 0.05) is 0 Å². The first-order valence-electron chi connectivity index (χ1n) is 4.54. The monoisotopic (exact) mass is 230 g/mol. The van der Waals surface area contributed by atoms with E-state index in [0.717, 1.165) is 12.8 Å². The van der Waals surface area contributed by atoms with Gasteiger partial charge in [-0.25, -0.2) is 8.42 Å². The van der Waals surface area contributed by atoms with Gasteiger partial charge in [-0.05, 0) is 24.7 Å². The molecule has 0 amide bonds. The first-order valence-corrected chi connectivity index (χ1v) is 6.01. The molecule has 1 fully saturated rings. The van der Waals surface area contributed by atoms with Crippen molar-refractivity contribution in [3.63, 3.8) is 0 Å². The summed E-state index contributed by atoms with van der Waals surface area (Å²) < 4.78 is 31.6. The fourth-order valence-corrected chi connectivity index (χ4v) is 2.69. The molecule has 1 aliphatic carbocycles. The van der Waals surface area contributed by atoms with Crippen molar-refractivity contribution in [3.8, 4) is 0 Å². The fraction of sp³-hybridized carbons (Fsp3) is 1.00. The van der Waals surface area contributed by atoms with E-state index in [-0.39, 0.29) is 35.5 Å². The maximum atomic E-state index is 10.5. The van der Waals surface area contributed by atoms with Crippen LogP contribution in [-0.4, -0.2) is 23.5 Å². The molecule has 78 valence electrons. The van der Waals surface area contributed by atoms with Crippen LogP contribution in [0.4, 0.5) is 0 Å². The number of hydrogen-bond acceptors (Lipinski definition) is 4. The summed E-state index contributed by atoms with van der Waals surface area (Å²) in [7, 11) is -4.52. The molecule has 4 nitrogen and oxygen atoms in total. The summed E-state index contributed by atoms with van der Waals surface area (Å²) in [6.07, 6.45) is 3.25. The molecule has 0 aromatic rings. The third-order valence-electron chi connectivity index (χ3n) is 2.68. The van der Waals surface area contributed by atoms with Gasteiger partial charge in [-0.1, -0.05) is 19.8 Å². The Morgan fingerprint density at radius 1 is 1.43 bits per heavy atom. The van der Waals surface area contributed by atoms with Crippen LogP contribution in [0.3, 0.4) is 0 Å². The van der Waals surface area contributed by atoms with Gasteiger partial charge in [-0.15, -0.1) is 0 Å². The van der Waals surface area contributed by atoms with Gasteiger partial charge in [0.2, 0.25) is 0 Å². The number of aliphatic hydroxyl groups excluding tert-OH is 1. The molecule has 0 radical (unpaired) electrons. The summed E-state index contributed by atoms with van der Waals surface area (Å²) in [5, 5.41) is 9.23. The molecule has 0 saturated heterocycles. The van der Waals surface area contributed by atoms with E-state index in [1.165, 1.54) is 0 Å². The predicted molar refractivity (Wildman–Crippen MR) is 46.8 cm³/mol. The van der Waals surface area contributed by atoms with Crippen LogP contribution in [0.1, 0.15) is 32.6 Å². The SMILES string of the molecule is CC1CCCC(C(O)S(=O)(=O)[O-])C1.[Na+]. The van der Waals surface area contributed by atoms with Crippen molar-refractivity contribution in [1.29, 1.82) is 0 Å². The Kier molecular flexibility index (Phi) is 6.18. The van der Waals surface area contributed by atoms with Gasteiger partial charge in [0.1, 0.15) is 15.6 Å². The predicted octanol–water partition coefficient (Wildman–Crippen LogP) is -2.32. The minimum Gasteiger partial charge on any atom is -0.746 e. The molecule has 0 aromatic carbocycles. The smallest absolute Gasteiger partial charge is 0.746 e. The average Bonchev–Trinajstić information content (AvgIpc) is 2.01. The molecule has 1 N–H and O–H groups in total. The van der Waals surface area contributed by atoms with Crippen molar-refractivity contribution in [2.75, 3.05) is 0 Å². The van der Waals surface area contributed by atoms with Gasteiger partial charge in [-0.3, -0.25) is 0 Å². The molecule has 1 saturated carbocycles. The summed E-state index contributed by atoms with van der Waals surface area (Å²) in [5.41, 5.74) is -1.70. The first-order chi connectivity index (χ1) is 5.91. The Morgan fingerprint density at radius 3 is 2.43 bits per heavy atom. The van der Waals surface area contributed by atoms with Crippen LogP contribution in [0.15, 0.2) is 0 Å². The third-order valence-corrected chi connectivity index (χ3v) is 3.65. The second-order valence-electron chi connectivity index (χ2n) is 3.92. The van der Waals surface area contributed by atoms with Gasteiger partial charge in [-0.2, -0.15) is 0 Å². The van der Waals surface area contributed by atoms with Crippen LogP contribution in [0.25, 0.3) is 0 Å². The number of rotatable bonds is 2. The van der Waals surface area contributed by atoms with Gasteiger partial charge in [0.25, 0.3) is 0 Å². The molecule has 1 aliphatic rings. The standard InChI is InChI=1S/C8H16O4S.Na/c1-6-3-2-4-7(5-6)8(9)13(10,11)12;/h6-9H,2-5H2,1H3,(H,10,11,12);/q;+1/p-1. The molecule has 0 spiro atoms. The Bertz CT molecular complexity index is 265. The largest absolute Gasteiger partial charge is 1.00 e. The third kappa shape index (κ3) is 4.16. The Balaban J connectivity index is 0.00000169. The summed E-state index contributed by atoms with van der Waals surface area (Å²) in [5.74, 6) is 0.0569. The Labute approximate surface area is 107 Å². The van der Waals surface area contributed by atoms with E-state index in [1.54, 1.807) is 0 Å². The Morgan fingerprint density at radius 2 is 2.00 bits per heavy atom. The van der Waals surface area contributed by atoms with Gasteiger partial charge in [0.05, 0.1) is 0 Å².